The quantitative estimate of drug-likeness (QED) is 0.882. The summed E-state index contributed by atoms with van der Waals surface area (Å²) in [6.45, 7) is 3.14. The van der Waals surface area contributed by atoms with E-state index in [0.29, 0.717) is 0 Å². The lowest BCUT2D eigenvalue weighted by molar-refractivity contribution is 0.590. The maximum atomic E-state index is 6.29. The van der Waals surface area contributed by atoms with Crippen molar-refractivity contribution in [2.24, 2.45) is 5.73 Å². The van der Waals surface area contributed by atoms with Crippen molar-refractivity contribution >= 4 is 11.8 Å². The summed E-state index contributed by atoms with van der Waals surface area (Å²) in [5, 5.41) is 9.69. The molecule has 0 radical (unpaired) electrons. The molecule has 0 amide bonds. The van der Waals surface area contributed by atoms with E-state index in [9.17, 15) is 0 Å². The van der Waals surface area contributed by atoms with Crippen LogP contribution in [0.5, 0.6) is 0 Å². The molecular weight excluding hydrogens is 280 g/mol. The van der Waals surface area contributed by atoms with Crippen LogP contribution in [0, 0.1) is 6.92 Å². The summed E-state index contributed by atoms with van der Waals surface area (Å²) in [7, 11) is 0. The molecule has 21 heavy (non-hydrogen) atoms. The van der Waals surface area contributed by atoms with Crippen LogP contribution in [0.15, 0.2) is 29.4 Å². The van der Waals surface area contributed by atoms with E-state index in [-0.39, 0.29) is 6.04 Å². The fraction of sp³-hybridized carbons (Fsp3) is 0.500. The van der Waals surface area contributed by atoms with Crippen molar-refractivity contribution in [2.75, 3.05) is 5.75 Å². The Labute approximate surface area is 130 Å². The second-order valence-corrected chi connectivity index (χ2v) is 6.68. The van der Waals surface area contributed by atoms with E-state index in [1.165, 1.54) is 30.4 Å². The largest absolute Gasteiger partial charge is 0.323 e. The van der Waals surface area contributed by atoms with E-state index in [4.69, 9.17) is 5.73 Å². The molecule has 1 unspecified atom stereocenters. The van der Waals surface area contributed by atoms with E-state index >= 15 is 0 Å². The molecule has 2 N–H and O–H groups in total. The lowest BCUT2D eigenvalue weighted by Crippen LogP contribution is -2.13. The Morgan fingerprint density at radius 1 is 1.19 bits per heavy atom. The van der Waals surface area contributed by atoms with E-state index in [1.807, 2.05) is 0 Å². The molecule has 2 heterocycles. The van der Waals surface area contributed by atoms with Gasteiger partial charge in [-0.2, -0.15) is 0 Å². The highest BCUT2D eigenvalue weighted by atomic mass is 32.2. The van der Waals surface area contributed by atoms with Gasteiger partial charge in [-0.25, -0.2) is 0 Å². The van der Waals surface area contributed by atoms with E-state index < -0.39 is 0 Å². The Balaban J connectivity index is 1.65. The van der Waals surface area contributed by atoms with E-state index in [0.717, 1.165) is 29.7 Å². The number of hydrogen-bond acceptors (Lipinski definition) is 4. The van der Waals surface area contributed by atoms with Gasteiger partial charge in [0.25, 0.3) is 0 Å². The van der Waals surface area contributed by atoms with Crippen LogP contribution >= 0.6 is 11.8 Å². The molecule has 1 aromatic heterocycles. The third-order valence-corrected chi connectivity index (χ3v) is 5.06. The van der Waals surface area contributed by atoms with Crippen LogP contribution in [0.1, 0.15) is 42.3 Å². The Morgan fingerprint density at radius 2 is 2.00 bits per heavy atom. The van der Waals surface area contributed by atoms with Crippen LogP contribution in [0.25, 0.3) is 0 Å². The molecule has 5 heteroatoms. The number of benzene rings is 1. The zero-order valence-electron chi connectivity index (χ0n) is 12.5. The van der Waals surface area contributed by atoms with Crippen molar-refractivity contribution in [3.63, 3.8) is 0 Å². The standard InChI is InChI=1S/C16H22N4S/c1-12-6-8-13(9-7-12)14(17)11-21-16-19-18-15-5-3-2-4-10-20(15)16/h6-9,14H,2-5,10-11,17H2,1H3. The summed E-state index contributed by atoms with van der Waals surface area (Å²) < 4.78 is 2.28. The minimum absolute atomic E-state index is 0.0364. The molecule has 2 aromatic rings. The number of rotatable bonds is 4. The summed E-state index contributed by atoms with van der Waals surface area (Å²) >= 11 is 1.72. The smallest absolute Gasteiger partial charge is 0.191 e. The van der Waals surface area contributed by atoms with Gasteiger partial charge in [-0.3, -0.25) is 0 Å². The minimum Gasteiger partial charge on any atom is -0.323 e. The predicted octanol–water partition coefficient (Wildman–Crippen LogP) is 3.11. The average molecular weight is 302 g/mol. The molecule has 1 atom stereocenters. The number of hydrogen-bond donors (Lipinski definition) is 1. The Morgan fingerprint density at radius 3 is 2.81 bits per heavy atom. The minimum atomic E-state index is 0.0364. The topological polar surface area (TPSA) is 56.7 Å². The Kier molecular flexibility index (Phi) is 4.60. The van der Waals surface area contributed by atoms with Gasteiger partial charge >= 0.3 is 0 Å². The van der Waals surface area contributed by atoms with Crippen molar-refractivity contribution in [3.05, 3.63) is 41.2 Å². The lowest BCUT2D eigenvalue weighted by Gasteiger charge is -2.12. The monoisotopic (exact) mass is 302 g/mol. The zero-order valence-corrected chi connectivity index (χ0v) is 13.3. The molecule has 112 valence electrons. The number of aromatic nitrogens is 3. The normalized spacial score (nSPS) is 16.3. The zero-order chi connectivity index (χ0) is 14.7. The maximum absolute atomic E-state index is 6.29. The molecule has 0 fully saturated rings. The third-order valence-electron chi connectivity index (χ3n) is 3.97. The molecular formula is C16H22N4S. The lowest BCUT2D eigenvalue weighted by atomic mass is 10.1. The van der Waals surface area contributed by atoms with Crippen molar-refractivity contribution < 1.29 is 0 Å². The molecule has 1 aromatic carbocycles. The fourth-order valence-electron chi connectivity index (χ4n) is 2.64. The molecule has 0 spiro atoms. The molecule has 1 aliphatic heterocycles. The first-order valence-electron chi connectivity index (χ1n) is 7.61. The summed E-state index contributed by atoms with van der Waals surface area (Å²) in [5.74, 6) is 1.97. The summed E-state index contributed by atoms with van der Waals surface area (Å²) in [6, 6.07) is 8.50. The van der Waals surface area contributed by atoms with Crippen LogP contribution in [0.2, 0.25) is 0 Å². The number of aryl methyl sites for hydroxylation is 2. The molecule has 0 saturated carbocycles. The van der Waals surface area contributed by atoms with Gasteiger partial charge in [0, 0.05) is 24.8 Å². The predicted molar refractivity (Wildman–Crippen MR) is 86.4 cm³/mol. The van der Waals surface area contributed by atoms with Gasteiger partial charge in [0.1, 0.15) is 5.82 Å². The van der Waals surface area contributed by atoms with Crippen molar-refractivity contribution in [1.29, 1.82) is 0 Å². The van der Waals surface area contributed by atoms with Crippen LogP contribution < -0.4 is 5.73 Å². The molecule has 0 aliphatic carbocycles. The van der Waals surface area contributed by atoms with Gasteiger partial charge in [0.15, 0.2) is 5.16 Å². The SMILES string of the molecule is Cc1ccc(C(N)CSc2nnc3n2CCCCC3)cc1. The van der Waals surface area contributed by atoms with Gasteiger partial charge in [0.2, 0.25) is 0 Å². The van der Waals surface area contributed by atoms with Crippen molar-refractivity contribution in [2.45, 2.75) is 50.4 Å². The summed E-state index contributed by atoms with van der Waals surface area (Å²) in [5.41, 5.74) is 8.74. The van der Waals surface area contributed by atoms with Crippen molar-refractivity contribution in [3.8, 4) is 0 Å². The molecule has 4 nitrogen and oxygen atoms in total. The second-order valence-electron chi connectivity index (χ2n) is 5.69. The second kappa shape index (κ2) is 6.62. The van der Waals surface area contributed by atoms with Gasteiger partial charge in [0.05, 0.1) is 0 Å². The highest BCUT2D eigenvalue weighted by Crippen LogP contribution is 2.25. The average Bonchev–Trinajstić information content (AvgIpc) is 2.72. The van der Waals surface area contributed by atoms with Gasteiger partial charge in [-0.1, -0.05) is 48.0 Å². The Hall–Kier alpha value is -1.33. The molecule has 1 aliphatic rings. The fourth-order valence-corrected chi connectivity index (χ4v) is 3.61. The van der Waals surface area contributed by atoms with Crippen LogP contribution in [-0.2, 0) is 13.0 Å². The summed E-state index contributed by atoms with van der Waals surface area (Å²) in [6.07, 6.45) is 4.79. The van der Waals surface area contributed by atoms with Crippen LogP contribution in [0.4, 0.5) is 0 Å². The summed E-state index contributed by atoms with van der Waals surface area (Å²) in [4.78, 5) is 0. The first-order chi connectivity index (χ1) is 10.2. The number of thioether (sulfide) groups is 1. The highest BCUT2D eigenvalue weighted by molar-refractivity contribution is 7.99. The molecule has 3 rings (SSSR count). The van der Waals surface area contributed by atoms with Gasteiger partial charge in [-0.05, 0) is 25.3 Å². The third kappa shape index (κ3) is 3.47. The van der Waals surface area contributed by atoms with E-state index in [2.05, 4.69) is 46.0 Å². The van der Waals surface area contributed by atoms with Crippen LogP contribution in [0.3, 0.4) is 0 Å². The molecule has 0 bridgehead atoms. The first-order valence-corrected chi connectivity index (χ1v) is 8.59. The highest BCUT2D eigenvalue weighted by Gasteiger charge is 2.16. The Bertz CT molecular complexity index is 591. The molecule has 0 saturated heterocycles. The first kappa shape index (κ1) is 14.6. The maximum Gasteiger partial charge on any atom is 0.191 e. The van der Waals surface area contributed by atoms with Crippen molar-refractivity contribution in [1.82, 2.24) is 14.8 Å². The number of nitrogens with zero attached hydrogens (tertiary/aromatic N) is 3. The number of nitrogens with two attached hydrogens (primary N) is 1. The van der Waals surface area contributed by atoms with Gasteiger partial charge < -0.3 is 10.3 Å². The van der Waals surface area contributed by atoms with E-state index in [1.54, 1.807) is 11.8 Å². The van der Waals surface area contributed by atoms with Gasteiger partial charge in [-0.15, -0.1) is 10.2 Å². The van der Waals surface area contributed by atoms with Crippen LogP contribution in [-0.4, -0.2) is 20.5 Å². The number of fused-ring (bicyclic) bond motifs is 1.